The first kappa shape index (κ1) is 21.6. The molecule has 0 N–H and O–H groups in total. The van der Waals surface area contributed by atoms with Gasteiger partial charge in [-0.25, -0.2) is 8.42 Å². The molecule has 158 valence electrons. The molecule has 1 aromatic heterocycles. The average Bonchev–Trinajstić information content (AvgIpc) is 3.05. The third-order valence-corrected chi connectivity index (χ3v) is 6.75. The lowest BCUT2D eigenvalue weighted by Crippen LogP contribution is -2.27. The molecule has 9 heteroatoms. The Balaban J connectivity index is 2.14. The second-order valence-electron chi connectivity index (χ2n) is 6.55. The summed E-state index contributed by atoms with van der Waals surface area (Å²) in [5, 5.41) is 10.4. The minimum Gasteiger partial charge on any atom is -0.435 e. The van der Waals surface area contributed by atoms with E-state index in [-0.39, 0.29) is 11.5 Å². The van der Waals surface area contributed by atoms with Crippen molar-refractivity contribution in [3.8, 4) is 23.1 Å². The molecule has 0 aliphatic rings. The summed E-state index contributed by atoms with van der Waals surface area (Å²) >= 11 is 0. The molecule has 3 rings (SSSR count). The van der Waals surface area contributed by atoms with Gasteiger partial charge in [0, 0.05) is 25.0 Å². The first-order chi connectivity index (χ1) is 14.2. The van der Waals surface area contributed by atoms with Crippen molar-refractivity contribution in [3.05, 3.63) is 48.0 Å². The highest BCUT2D eigenvalue weighted by atomic mass is 32.2. The second-order valence-corrected chi connectivity index (χ2v) is 8.84. The number of benzene rings is 2. The van der Waals surface area contributed by atoms with Crippen molar-refractivity contribution in [3.63, 3.8) is 0 Å². The van der Waals surface area contributed by atoms with Crippen LogP contribution in [0.3, 0.4) is 0 Å². The van der Waals surface area contributed by atoms with Crippen LogP contribution in [0.1, 0.15) is 19.4 Å². The smallest absolute Gasteiger partial charge is 0.387 e. The minimum atomic E-state index is -3.39. The molecule has 3 aromatic rings. The zero-order chi connectivity index (χ0) is 22.1. The molecule has 0 fully saturated rings. The molecule has 0 spiro atoms. The van der Waals surface area contributed by atoms with Crippen LogP contribution in [0.5, 0.6) is 5.75 Å². The summed E-state index contributed by atoms with van der Waals surface area (Å²) in [6.07, 6.45) is 0. The van der Waals surface area contributed by atoms with E-state index in [9.17, 15) is 22.5 Å². The van der Waals surface area contributed by atoms with Crippen molar-refractivity contribution in [2.45, 2.75) is 27.0 Å². The van der Waals surface area contributed by atoms with Crippen molar-refractivity contribution >= 4 is 26.6 Å². The fraction of sp³-hybridized carbons (Fsp3) is 0.286. The normalized spacial score (nSPS) is 11.6. The van der Waals surface area contributed by atoms with Crippen LogP contribution in [0, 0.1) is 11.3 Å². The fourth-order valence-electron chi connectivity index (χ4n) is 3.43. The van der Waals surface area contributed by atoms with Crippen molar-refractivity contribution in [2.24, 2.45) is 0 Å². The molecule has 0 atom stereocenters. The van der Waals surface area contributed by atoms with E-state index < -0.39 is 16.6 Å². The van der Waals surface area contributed by atoms with Crippen LogP contribution in [0.15, 0.2) is 42.5 Å². The summed E-state index contributed by atoms with van der Waals surface area (Å²) in [6.45, 7) is 1.02. The standard InChI is InChI=1S/C21H21F2N3O3S/c1-4-26-19-12-16(29-21(22)23)10-11-17(19)18(13-24)20(26)14-6-8-15(9-7-14)25(3)30(27,28)5-2/h6-12,21H,4-5H2,1-3H3. The number of nitrogens with zero attached hydrogens (tertiary/aromatic N) is 3. The van der Waals surface area contributed by atoms with Gasteiger partial charge in [0.15, 0.2) is 0 Å². The number of nitriles is 1. The zero-order valence-corrected chi connectivity index (χ0v) is 17.6. The summed E-state index contributed by atoms with van der Waals surface area (Å²) in [6, 6.07) is 13.5. The molecule has 0 bridgehead atoms. The van der Waals surface area contributed by atoms with Gasteiger partial charge >= 0.3 is 6.61 Å². The fourth-order valence-corrected chi connectivity index (χ4v) is 4.26. The third kappa shape index (κ3) is 3.83. The van der Waals surface area contributed by atoms with Crippen molar-refractivity contribution in [2.75, 3.05) is 17.1 Å². The number of anilines is 1. The van der Waals surface area contributed by atoms with Gasteiger partial charge < -0.3 is 9.30 Å². The number of fused-ring (bicyclic) bond motifs is 1. The maximum Gasteiger partial charge on any atom is 0.387 e. The van der Waals surface area contributed by atoms with Gasteiger partial charge in [-0.05, 0) is 43.7 Å². The monoisotopic (exact) mass is 433 g/mol. The molecule has 6 nitrogen and oxygen atoms in total. The number of ether oxygens (including phenoxy) is 1. The summed E-state index contributed by atoms with van der Waals surface area (Å²) in [5.74, 6) is -0.000747. The third-order valence-electron chi connectivity index (χ3n) is 4.98. The van der Waals surface area contributed by atoms with Crippen LogP contribution in [-0.2, 0) is 16.6 Å². The van der Waals surface area contributed by atoms with Crippen LogP contribution >= 0.6 is 0 Å². The number of sulfonamides is 1. The van der Waals surface area contributed by atoms with E-state index in [1.807, 2.05) is 11.5 Å². The lowest BCUT2D eigenvalue weighted by molar-refractivity contribution is -0.0497. The molecule has 0 aliphatic heterocycles. The van der Waals surface area contributed by atoms with Crippen molar-refractivity contribution < 1.29 is 21.9 Å². The molecule has 0 unspecified atom stereocenters. The van der Waals surface area contributed by atoms with Gasteiger partial charge in [-0.3, -0.25) is 4.31 Å². The number of hydrogen-bond donors (Lipinski definition) is 0. The van der Waals surface area contributed by atoms with Gasteiger partial charge in [0.2, 0.25) is 10.0 Å². The Bertz CT molecular complexity index is 1210. The Labute approximate surface area is 174 Å². The van der Waals surface area contributed by atoms with Gasteiger partial charge in [-0.1, -0.05) is 12.1 Å². The van der Waals surface area contributed by atoms with Gasteiger partial charge in [0.25, 0.3) is 0 Å². The number of aromatic nitrogens is 1. The number of halogens is 2. The van der Waals surface area contributed by atoms with Crippen molar-refractivity contribution in [1.29, 1.82) is 5.26 Å². The molecule has 2 aromatic carbocycles. The second kappa shape index (κ2) is 8.32. The molecule has 0 aliphatic carbocycles. The van der Waals surface area contributed by atoms with E-state index in [0.29, 0.717) is 40.0 Å². The Hall–Kier alpha value is -3.12. The lowest BCUT2D eigenvalue weighted by Gasteiger charge is -2.19. The predicted octanol–water partition coefficient (Wildman–Crippen LogP) is 4.59. The van der Waals surface area contributed by atoms with Gasteiger partial charge in [0.1, 0.15) is 11.8 Å². The van der Waals surface area contributed by atoms with Gasteiger partial charge in [0.05, 0.1) is 28.2 Å². The predicted molar refractivity (Wildman–Crippen MR) is 112 cm³/mol. The molecular formula is C21H21F2N3O3S. The highest BCUT2D eigenvalue weighted by Gasteiger charge is 2.20. The van der Waals surface area contributed by atoms with Gasteiger partial charge in [-0.15, -0.1) is 0 Å². The van der Waals surface area contributed by atoms with Crippen LogP contribution < -0.4 is 9.04 Å². The molecular weight excluding hydrogens is 412 g/mol. The SMILES string of the molecule is CCn1c(-c2ccc(N(C)S(=O)(=O)CC)cc2)c(C#N)c2ccc(OC(F)F)cc21. The highest BCUT2D eigenvalue weighted by Crippen LogP contribution is 2.36. The lowest BCUT2D eigenvalue weighted by atomic mass is 10.1. The highest BCUT2D eigenvalue weighted by molar-refractivity contribution is 7.92. The summed E-state index contributed by atoms with van der Waals surface area (Å²) < 4.78 is 57.0. The maximum absolute atomic E-state index is 12.6. The van der Waals surface area contributed by atoms with E-state index in [4.69, 9.17) is 0 Å². The Morgan fingerprint density at radius 2 is 1.83 bits per heavy atom. The average molecular weight is 433 g/mol. The van der Waals surface area contributed by atoms with E-state index >= 15 is 0 Å². The first-order valence-electron chi connectivity index (χ1n) is 9.31. The summed E-state index contributed by atoms with van der Waals surface area (Å²) in [4.78, 5) is 0. The molecule has 0 amide bonds. The van der Waals surface area contributed by atoms with E-state index in [2.05, 4.69) is 10.8 Å². The number of rotatable bonds is 7. The minimum absolute atomic E-state index is 0.0162. The molecule has 0 saturated carbocycles. The Morgan fingerprint density at radius 1 is 1.17 bits per heavy atom. The largest absolute Gasteiger partial charge is 0.435 e. The number of aryl methyl sites for hydroxylation is 1. The van der Waals surface area contributed by atoms with Crippen LogP contribution in [0.4, 0.5) is 14.5 Å². The van der Waals surface area contributed by atoms with Crippen molar-refractivity contribution in [1.82, 2.24) is 4.57 Å². The number of hydrogen-bond acceptors (Lipinski definition) is 4. The Kier molecular flexibility index (Phi) is 5.99. The maximum atomic E-state index is 12.6. The van der Waals surface area contributed by atoms with Crippen LogP contribution in [0.2, 0.25) is 0 Å². The topological polar surface area (TPSA) is 75.3 Å². The summed E-state index contributed by atoms with van der Waals surface area (Å²) in [5.41, 5.74) is 2.88. The van der Waals surface area contributed by atoms with Crippen LogP contribution in [0.25, 0.3) is 22.2 Å². The van der Waals surface area contributed by atoms with E-state index in [1.165, 1.54) is 23.5 Å². The van der Waals surface area contributed by atoms with Crippen LogP contribution in [-0.4, -0.2) is 32.4 Å². The quantitative estimate of drug-likeness (QED) is 0.546. The molecule has 30 heavy (non-hydrogen) atoms. The van der Waals surface area contributed by atoms with E-state index in [1.54, 1.807) is 37.3 Å². The summed E-state index contributed by atoms with van der Waals surface area (Å²) in [7, 11) is -1.90. The molecule has 0 radical (unpaired) electrons. The Morgan fingerprint density at radius 3 is 2.37 bits per heavy atom. The first-order valence-corrected chi connectivity index (χ1v) is 10.9. The zero-order valence-electron chi connectivity index (χ0n) is 16.8. The van der Waals surface area contributed by atoms with E-state index in [0.717, 1.165) is 0 Å². The molecule has 0 saturated heterocycles. The van der Waals surface area contributed by atoms with Gasteiger partial charge in [-0.2, -0.15) is 14.0 Å². The molecule has 1 heterocycles. The number of alkyl halides is 2.